The summed E-state index contributed by atoms with van der Waals surface area (Å²) < 4.78 is 0. The second kappa shape index (κ2) is 8.58. The summed E-state index contributed by atoms with van der Waals surface area (Å²) in [7, 11) is 4.33. The first kappa shape index (κ1) is 19.3. The normalized spacial score (nSPS) is 21.0. The van der Waals surface area contributed by atoms with Crippen molar-refractivity contribution in [3.63, 3.8) is 0 Å². The predicted molar refractivity (Wildman–Crippen MR) is 113 cm³/mol. The Morgan fingerprint density at radius 1 is 1.14 bits per heavy atom. The van der Waals surface area contributed by atoms with Crippen molar-refractivity contribution in [2.75, 3.05) is 27.2 Å². The Hall–Kier alpha value is -1.98. The molecule has 0 bridgehead atoms. The zero-order chi connectivity index (χ0) is 19.5. The highest BCUT2D eigenvalue weighted by atomic mass is 16.1. The summed E-state index contributed by atoms with van der Waals surface area (Å²) in [6.07, 6.45) is 7.33. The van der Waals surface area contributed by atoms with Crippen LogP contribution in [0.1, 0.15) is 43.4 Å². The molecule has 0 amide bonds. The third kappa shape index (κ3) is 4.70. The summed E-state index contributed by atoms with van der Waals surface area (Å²) >= 11 is 0. The number of rotatable bonds is 6. The first-order chi connectivity index (χ1) is 13.6. The van der Waals surface area contributed by atoms with Gasteiger partial charge >= 0.3 is 0 Å². The largest absolute Gasteiger partial charge is 0.307 e. The van der Waals surface area contributed by atoms with E-state index in [4.69, 9.17) is 4.98 Å². The minimum Gasteiger partial charge on any atom is -0.307 e. The second-order valence-corrected chi connectivity index (χ2v) is 8.78. The Morgan fingerprint density at radius 3 is 2.57 bits per heavy atom. The van der Waals surface area contributed by atoms with E-state index in [2.05, 4.69) is 53.1 Å². The lowest BCUT2D eigenvalue weighted by atomic mass is 10.0. The van der Waals surface area contributed by atoms with Gasteiger partial charge in [-0.05, 0) is 38.4 Å². The van der Waals surface area contributed by atoms with Crippen molar-refractivity contribution in [3.05, 3.63) is 51.9 Å². The third-order valence-electron chi connectivity index (χ3n) is 6.38. The van der Waals surface area contributed by atoms with Crippen molar-refractivity contribution in [1.82, 2.24) is 19.8 Å². The van der Waals surface area contributed by atoms with Crippen LogP contribution in [0.15, 0.2) is 35.1 Å². The lowest BCUT2D eigenvalue weighted by molar-refractivity contribution is 0.264. The number of hydrogen-bond donors (Lipinski definition) is 1. The van der Waals surface area contributed by atoms with Crippen LogP contribution in [-0.4, -0.2) is 53.0 Å². The number of likely N-dealkylation sites (tertiary alicyclic amines) is 1. The maximum atomic E-state index is 12.1. The molecule has 0 spiro atoms. The number of likely N-dealkylation sites (N-methyl/N-ethyl adjacent to an activating group) is 1. The van der Waals surface area contributed by atoms with Crippen molar-refractivity contribution >= 4 is 0 Å². The molecular formula is C23H32N4O. The van der Waals surface area contributed by atoms with Crippen LogP contribution in [0.3, 0.4) is 0 Å². The molecule has 1 aromatic carbocycles. The summed E-state index contributed by atoms with van der Waals surface area (Å²) in [4.78, 5) is 24.6. The summed E-state index contributed by atoms with van der Waals surface area (Å²) in [6, 6.07) is 10.9. The third-order valence-corrected chi connectivity index (χ3v) is 6.38. The molecule has 1 saturated carbocycles. The number of aromatic amines is 1. The quantitative estimate of drug-likeness (QED) is 0.835. The van der Waals surface area contributed by atoms with E-state index >= 15 is 0 Å². The number of nitrogens with one attached hydrogen (secondary N) is 1. The van der Waals surface area contributed by atoms with E-state index in [1.807, 2.05) is 0 Å². The van der Waals surface area contributed by atoms with E-state index in [-0.39, 0.29) is 5.56 Å². The van der Waals surface area contributed by atoms with Crippen LogP contribution in [0.2, 0.25) is 0 Å². The van der Waals surface area contributed by atoms with Gasteiger partial charge in [-0.3, -0.25) is 9.69 Å². The lowest BCUT2D eigenvalue weighted by Gasteiger charge is -2.20. The van der Waals surface area contributed by atoms with Crippen molar-refractivity contribution in [3.8, 4) is 11.4 Å². The molecule has 150 valence electrons. The summed E-state index contributed by atoms with van der Waals surface area (Å²) in [5, 5.41) is 0. The first-order valence-corrected chi connectivity index (χ1v) is 10.6. The van der Waals surface area contributed by atoms with Gasteiger partial charge in [0.05, 0.1) is 0 Å². The van der Waals surface area contributed by atoms with Gasteiger partial charge in [0.2, 0.25) is 0 Å². The van der Waals surface area contributed by atoms with Gasteiger partial charge in [0, 0.05) is 43.0 Å². The summed E-state index contributed by atoms with van der Waals surface area (Å²) in [6.45, 7) is 3.27. The van der Waals surface area contributed by atoms with Gasteiger partial charge in [0.25, 0.3) is 5.56 Å². The van der Waals surface area contributed by atoms with E-state index in [1.165, 1.54) is 37.7 Å². The second-order valence-electron chi connectivity index (χ2n) is 8.78. The molecule has 2 aliphatic rings. The van der Waals surface area contributed by atoms with Crippen LogP contribution in [0.25, 0.3) is 11.4 Å². The fourth-order valence-corrected chi connectivity index (χ4v) is 4.66. The fourth-order valence-electron chi connectivity index (χ4n) is 4.66. The van der Waals surface area contributed by atoms with Crippen LogP contribution in [0, 0.1) is 5.92 Å². The van der Waals surface area contributed by atoms with Gasteiger partial charge in [0.15, 0.2) is 0 Å². The molecule has 0 radical (unpaired) electrons. The highest BCUT2D eigenvalue weighted by molar-refractivity contribution is 5.55. The molecule has 1 aliphatic heterocycles. The maximum Gasteiger partial charge on any atom is 0.251 e. The first-order valence-electron chi connectivity index (χ1n) is 10.6. The molecule has 2 aromatic rings. The Kier molecular flexibility index (Phi) is 5.93. The summed E-state index contributed by atoms with van der Waals surface area (Å²) in [5.74, 6) is 1.39. The van der Waals surface area contributed by atoms with E-state index in [1.54, 1.807) is 6.07 Å². The molecule has 1 atom stereocenters. The van der Waals surface area contributed by atoms with Gasteiger partial charge in [0.1, 0.15) is 5.82 Å². The van der Waals surface area contributed by atoms with Crippen LogP contribution in [0.4, 0.5) is 0 Å². The van der Waals surface area contributed by atoms with Gasteiger partial charge < -0.3 is 9.88 Å². The van der Waals surface area contributed by atoms with Crippen LogP contribution in [0.5, 0.6) is 0 Å². The lowest BCUT2D eigenvalue weighted by Crippen LogP contribution is -2.31. The molecule has 2 heterocycles. The smallest absolute Gasteiger partial charge is 0.251 e. The van der Waals surface area contributed by atoms with E-state index in [9.17, 15) is 4.79 Å². The minimum atomic E-state index is -0.0473. The maximum absolute atomic E-state index is 12.1. The monoisotopic (exact) mass is 380 g/mol. The average Bonchev–Trinajstić information content (AvgIpc) is 3.34. The highest BCUT2D eigenvalue weighted by Crippen LogP contribution is 2.27. The number of benzene rings is 1. The SMILES string of the molecule is CN(C)C1CCN(Cc2ccc(-c3nc(CC4CCCC4)cc(=O)[nH]3)cc2)C1. The Labute approximate surface area is 167 Å². The number of hydrogen-bond acceptors (Lipinski definition) is 4. The van der Waals surface area contributed by atoms with Gasteiger partial charge in [-0.1, -0.05) is 49.9 Å². The molecule has 28 heavy (non-hydrogen) atoms. The van der Waals surface area contributed by atoms with Crippen LogP contribution in [-0.2, 0) is 13.0 Å². The number of nitrogens with zero attached hydrogens (tertiary/aromatic N) is 3. The Morgan fingerprint density at radius 2 is 1.89 bits per heavy atom. The van der Waals surface area contributed by atoms with Gasteiger partial charge in [-0.2, -0.15) is 0 Å². The van der Waals surface area contributed by atoms with E-state index < -0.39 is 0 Å². The molecule has 5 nitrogen and oxygen atoms in total. The van der Waals surface area contributed by atoms with Crippen LogP contribution < -0.4 is 5.56 Å². The summed E-state index contributed by atoms with van der Waals surface area (Å²) in [5.41, 5.74) is 3.18. The molecule has 4 rings (SSSR count). The van der Waals surface area contributed by atoms with Crippen molar-refractivity contribution in [2.45, 2.75) is 51.1 Å². The number of H-pyrrole nitrogens is 1. The molecule has 1 aliphatic carbocycles. The van der Waals surface area contributed by atoms with Crippen molar-refractivity contribution in [1.29, 1.82) is 0 Å². The molecule has 1 unspecified atom stereocenters. The molecule has 1 N–H and O–H groups in total. The predicted octanol–water partition coefficient (Wildman–Crippen LogP) is 3.31. The zero-order valence-electron chi connectivity index (χ0n) is 17.2. The van der Waals surface area contributed by atoms with Gasteiger partial charge in [-0.15, -0.1) is 0 Å². The minimum absolute atomic E-state index is 0.0473. The molecule has 1 saturated heterocycles. The molecule has 2 fully saturated rings. The van der Waals surface area contributed by atoms with Crippen LogP contribution >= 0.6 is 0 Å². The van der Waals surface area contributed by atoms with E-state index in [0.717, 1.165) is 37.3 Å². The fraction of sp³-hybridized carbons (Fsp3) is 0.565. The van der Waals surface area contributed by atoms with Crippen molar-refractivity contribution < 1.29 is 0 Å². The van der Waals surface area contributed by atoms with E-state index in [0.29, 0.717) is 17.8 Å². The average molecular weight is 381 g/mol. The Bertz CT molecular complexity index is 836. The molecule has 5 heteroatoms. The highest BCUT2D eigenvalue weighted by Gasteiger charge is 2.23. The van der Waals surface area contributed by atoms with Crippen molar-refractivity contribution in [2.24, 2.45) is 5.92 Å². The zero-order valence-corrected chi connectivity index (χ0v) is 17.2. The standard InChI is InChI=1S/C23H32N4O/c1-26(2)21-11-12-27(16-21)15-18-7-9-19(10-8-18)23-24-20(14-22(28)25-23)13-17-5-3-4-6-17/h7-10,14,17,21H,3-6,11-13,15-16H2,1-2H3,(H,24,25,28). The topological polar surface area (TPSA) is 52.2 Å². The van der Waals surface area contributed by atoms with Gasteiger partial charge in [-0.25, -0.2) is 4.98 Å². The Balaban J connectivity index is 1.43. The number of aromatic nitrogens is 2. The molecular weight excluding hydrogens is 348 g/mol. The molecule has 1 aromatic heterocycles.